The summed E-state index contributed by atoms with van der Waals surface area (Å²) in [5.74, 6) is 1.48. The summed E-state index contributed by atoms with van der Waals surface area (Å²) >= 11 is 0. The minimum absolute atomic E-state index is 0.337. The molecule has 0 aromatic heterocycles. The van der Waals surface area contributed by atoms with Gasteiger partial charge < -0.3 is 9.47 Å². The highest BCUT2D eigenvalue weighted by Crippen LogP contribution is 2.25. The highest BCUT2D eigenvalue weighted by atomic mass is 16.5. The first-order chi connectivity index (χ1) is 10.0. The molecule has 0 unspecified atom stereocenters. The number of methoxy groups -OCH3 is 1. The Morgan fingerprint density at radius 1 is 1.10 bits per heavy atom. The van der Waals surface area contributed by atoms with Gasteiger partial charge in [0, 0.05) is 12.2 Å². The Labute approximate surface area is 130 Å². The van der Waals surface area contributed by atoms with Gasteiger partial charge in [-0.25, -0.2) is 0 Å². The zero-order valence-electron chi connectivity index (χ0n) is 14.2. The van der Waals surface area contributed by atoms with Crippen molar-refractivity contribution in [2.45, 2.75) is 59.0 Å². The maximum Gasteiger partial charge on any atom is 0.126 e. The van der Waals surface area contributed by atoms with Crippen molar-refractivity contribution in [3.05, 3.63) is 35.4 Å². The molecule has 1 aromatic rings. The van der Waals surface area contributed by atoms with Crippen LogP contribution in [0.15, 0.2) is 24.3 Å². The fourth-order valence-corrected chi connectivity index (χ4v) is 2.14. The van der Waals surface area contributed by atoms with Crippen molar-refractivity contribution in [2.75, 3.05) is 13.7 Å². The van der Waals surface area contributed by atoms with E-state index in [-0.39, 0.29) is 0 Å². The van der Waals surface area contributed by atoms with E-state index in [9.17, 15) is 0 Å². The van der Waals surface area contributed by atoms with Crippen LogP contribution in [0.5, 0.6) is 5.75 Å². The molecule has 0 spiro atoms. The molecule has 0 aliphatic rings. The van der Waals surface area contributed by atoms with Crippen LogP contribution in [0, 0.1) is 0 Å². The third-order valence-electron chi connectivity index (χ3n) is 3.43. The average Bonchev–Trinajstić information content (AvgIpc) is 2.45. The number of rotatable bonds is 9. The largest absolute Gasteiger partial charge is 0.496 e. The van der Waals surface area contributed by atoms with Gasteiger partial charge >= 0.3 is 0 Å². The number of ether oxygens (including phenoxy) is 2. The van der Waals surface area contributed by atoms with Gasteiger partial charge in [0.25, 0.3) is 0 Å². The second-order valence-electron chi connectivity index (χ2n) is 5.97. The Balaban J connectivity index is 2.49. The molecule has 1 aromatic carbocycles. The van der Waals surface area contributed by atoms with Crippen molar-refractivity contribution in [3.63, 3.8) is 0 Å². The van der Waals surface area contributed by atoms with E-state index in [1.807, 2.05) is 0 Å². The normalized spacial score (nSPS) is 11.8. The van der Waals surface area contributed by atoms with E-state index in [0.29, 0.717) is 12.0 Å². The summed E-state index contributed by atoms with van der Waals surface area (Å²) in [4.78, 5) is 0. The van der Waals surface area contributed by atoms with Crippen LogP contribution in [0.3, 0.4) is 0 Å². The van der Waals surface area contributed by atoms with Gasteiger partial charge in [-0.15, -0.1) is 0 Å². The summed E-state index contributed by atoms with van der Waals surface area (Å²) in [5.41, 5.74) is 2.52. The first kappa shape index (κ1) is 17.8. The zero-order chi connectivity index (χ0) is 15.7. The summed E-state index contributed by atoms with van der Waals surface area (Å²) in [7, 11) is 1.73. The summed E-state index contributed by atoms with van der Waals surface area (Å²) in [6, 6.07) is 6.43. The predicted octanol–water partition coefficient (Wildman–Crippen LogP) is 5.43. The van der Waals surface area contributed by atoms with Crippen molar-refractivity contribution in [1.29, 1.82) is 0 Å². The summed E-state index contributed by atoms with van der Waals surface area (Å²) in [6.07, 6.45) is 8.10. The van der Waals surface area contributed by atoms with E-state index in [2.05, 4.69) is 58.0 Å². The lowest BCUT2D eigenvalue weighted by Crippen LogP contribution is -2.03. The highest BCUT2D eigenvalue weighted by Gasteiger charge is 2.04. The molecule has 2 nitrogen and oxygen atoms in total. The summed E-state index contributed by atoms with van der Waals surface area (Å²) in [6.45, 7) is 9.44. The van der Waals surface area contributed by atoms with Crippen molar-refractivity contribution in [3.8, 4) is 5.75 Å². The Hall–Kier alpha value is -1.28. The minimum Gasteiger partial charge on any atom is -0.496 e. The molecule has 0 amide bonds. The van der Waals surface area contributed by atoms with E-state index < -0.39 is 0 Å². The molecule has 0 atom stereocenters. The lowest BCUT2D eigenvalue weighted by atomic mass is 10.00. The monoisotopic (exact) mass is 290 g/mol. The second-order valence-corrected chi connectivity index (χ2v) is 5.97. The van der Waals surface area contributed by atoms with Crippen LogP contribution in [0.25, 0.3) is 6.08 Å². The SMILES string of the molecule is COc1ccc(C(C)C)cc1/C=C/CCCCOC(C)C. The summed E-state index contributed by atoms with van der Waals surface area (Å²) in [5, 5.41) is 0. The number of benzene rings is 1. The van der Waals surface area contributed by atoms with E-state index >= 15 is 0 Å². The van der Waals surface area contributed by atoms with Crippen LogP contribution in [0.4, 0.5) is 0 Å². The standard InChI is InChI=1S/C19H30O2/c1-15(2)17-11-12-19(20-5)18(14-17)10-8-6-7-9-13-21-16(3)4/h8,10-12,14-16H,6-7,9,13H2,1-5H3/b10-8+. The molecule has 0 bridgehead atoms. The second kappa shape index (κ2) is 9.62. The predicted molar refractivity (Wildman–Crippen MR) is 91.1 cm³/mol. The van der Waals surface area contributed by atoms with Crippen LogP contribution >= 0.6 is 0 Å². The fraction of sp³-hybridized carbons (Fsp3) is 0.579. The van der Waals surface area contributed by atoms with Gasteiger partial charge in [0.15, 0.2) is 0 Å². The average molecular weight is 290 g/mol. The molecule has 118 valence electrons. The molecule has 1 rings (SSSR count). The topological polar surface area (TPSA) is 18.5 Å². The molecule has 0 heterocycles. The zero-order valence-corrected chi connectivity index (χ0v) is 14.2. The maximum atomic E-state index is 5.54. The molecule has 0 aliphatic heterocycles. The highest BCUT2D eigenvalue weighted by molar-refractivity contribution is 5.58. The number of hydrogen-bond acceptors (Lipinski definition) is 2. The first-order valence-corrected chi connectivity index (χ1v) is 8.00. The van der Waals surface area contributed by atoms with Gasteiger partial charge in [-0.2, -0.15) is 0 Å². The molecule has 0 saturated heterocycles. The van der Waals surface area contributed by atoms with Crippen molar-refractivity contribution in [1.82, 2.24) is 0 Å². The molecule has 0 fully saturated rings. The summed E-state index contributed by atoms with van der Waals surface area (Å²) < 4.78 is 11.0. The molecule has 21 heavy (non-hydrogen) atoms. The maximum absolute atomic E-state index is 5.54. The Morgan fingerprint density at radius 3 is 2.48 bits per heavy atom. The van der Waals surface area contributed by atoms with Crippen LogP contribution in [0.1, 0.15) is 64.0 Å². The van der Waals surface area contributed by atoms with Crippen LogP contribution < -0.4 is 4.74 Å². The fourth-order valence-electron chi connectivity index (χ4n) is 2.14. The first-order valence-electron chi connectivity index (χ1n) is 8.00. The van der Waals surface area contributed by atoms with E-state index in [0.717, 1.165) is 31.6 Å². The molecule has 0 N–H and O–H groups in total. The van der Waals surface area contributed by atoms with Gasteiger partial charge in [0.2, 0.25) is 0 Å². The Bertz CT molecular complexity index is 433. The number of hydrogen-bond donors (Lipinski definition) is 0. The van der Waals surface area contributed by atoms with Gasteiger partial charge in [0.1, 0.15) is 5.75 Å². The quantitative estimate of drug-likeness (QED) is 0.565. The lowest BCUT2D eigenvalue weighted by Gasteiger charge is -2.10. The lowest BCUT2D eigenvalue weighted by molar-refractivity contribution is 0.0762. The molecule has 0 aliphatic carbocycles. The Morgan fingerprint density at radius 2 is 1.86 bits per heavy atom. The van der Waals surface area contributed by atoms with Crippen molar-refractivity contribution >= 4 is 6.08 Å². The van der Waals surface area contributed by atoms with E-state index in [1.165, 1.54) is 11.1 Å². The van der Waals surface area contributed by atoms with E-state index in [1.54, 1.807) is 7.11 Å². The number of allylic oxidation sites excluding steroid dienone is 1. The van der Waals surface area contributed by atoms with Gasteiger partial charge in [-0.3, -0.25) is 0 Å². The van der Waals surface area contributed by atoms with E-state index in [4.69, 9.17) is 9.47 Å². The minimum atomic E-state index is 0.337. The molecular formula is C19H30O2. The van der Waals surface area contributed by atoms with Crippen molar-refractivity contribution < 1.29 is 9.47 Å². The van der Waals surface area contributed by atoms with Crippen LogP contribution in [-0.2, 0) is 4.74 Å². The third kappa shape index (κ3) is 6.81. The van der Waals surface area contributed by atoms with Crippen LogP contribution in [0.2, 0.25) is 0 Å². The van der Waals surface area contributed by atoms with Crippen LogP contribution in [-0.4, -0.2) is 19.8 Å². The Kier molecular flexibility index (Phi) is 8.14. The molecule has 0 radical (unpaired) electrons. The molecule has 2 heteroatoms. The third-order valence-corrected chi connectivity index (χ3v) is 3.43. The van der Waals surface area contributed by atoms with Gasteiger partial charge in [0.05, 0.1) is 13.2 Å². The molecular weight excluding hydrogens is 260 g/mol. The molecule has 0 saturated carbocycles. The number of unbranched alkanes of at least 4 members (excludes halogenated alkanes) is 2. The smallest absolute Gasteiger partial charge is 0.126 e. The van der Waals surface area contributed by atoms with Crippen molar-refractivity contribution in [2.24, 2.45) is 0 Å². The van der Waals surface area contributed by atoms with Gasteiger partial charge in [-0.1, -0.05) is 32.1 Å². The van der Waals surface area contributed by atoms with Gasteiger partial charge in [-0.05, 0) is 56.7 Å².